The largest absolute Gasteiger partial charge is 0.311 e. The number of hydrogen-bond acceptors (Lipinski definition) is 2. The molecule has 108 valence electrons. The second-order valence-corrected chi connectivity index (χ2v) is 6.34. The lowest BCUT2D eigenvalue weighted by Crippen LogP contribution is -2.56. The summed E-state index contributed by atoms with van der Waals surface area (Å²) in [6, 6.07) is 1.51. The Labute approximate surface area is 115 Å². The van der Waals surface area contributed by atoms with Gasteiger partial charge < -0.3 is 5.32 Å². The Bertz CT molecular complexity index is 203. The fraction of sp³-hybridized carbons (Fsp3) is 1.00. The lowest BCUT2D eigenvalue weighted by Gasteiger charge is -2.40. The van der Waals surface area contributed by atoms with Crippen LogP contribution in [0.1, 0.15) is 66.2 Å². The molecule has 1 fully saturated rings. The van der Waals surface area contributed by atoms with E-state index in [0.717, 1.165) is 18.0 Å². The number of hydrogen-bond donors (Lipinski definition) is 1. The molecule has 2 nitrogen and oxygen atoms in total. The molecule has 0 aromatic carbocycles. The Morgan fingerprint density at radius 3 is 2.61 bits per heavy atom. The number of unbranched alkanes of at least 4 members (excludes halogenated alkanes) is 1. The molecule has 1 saturated heterocycles. The highest BCUT2D eigenvalue weighted by Gasteiger charge is 2.25. The maximum atomic E-state index is 3.72. The van der Waals surface area contributed by atoms with E-state index in [0.29, 0.717) is 0 Å². The van der Waals surface area contributed by atoms with Crippen LogP contribution in [0.3, 0.4) is 0 Å². The number of nitrogens with zero attached hydrogens (tertiary/aromatic N) is 1. The van der Waals surface area contributed by atoms with Crippen LogP contribution < -0.4 is 5.32 Å². The zero-order chi connectivity index (χ0) is 13.4. The third kappa shape index (κ3) is 5.71. The molecular weight excluding hydrogens is 220 g/mol. The Morgan fingerprint density at radius 1 is 1.22 bits per heavy atom. The third-order valence-electron chi connectivity index (χ3n) is 4.20. The van der Waals surface area contributed by atoms with E-state index in [1.807, 2.05) is 0 Å². The van der Waals surface area contributed by atoms with Crippen LogP contribution in [0.2, 0.25) is 0 Å². The molecule has 0 saturated carbocycles. The van der Waals surface area contributed by atoms with Gasteiger partial charge in [-0.15, -0.1) is 0 Å². The van der Waals surface area contributed by atoms with Gasteiger partial charge in [-0.3, -0.25) is 4.90 Å². The Kier molecular flexibility index (Phi) is 7.92. The van der Waals surface area contributed by atoms with Crippen molar-refractivity contribution >= 4 is 0 Å². The highest BCUT2D eigenvalue weighted by Crippen LogP contribution is 2.15. The van der Waals surface area contributed by atoms with Crippen LogP contribution in [-0.4, -0.2) is 36.6 Å². The fourth-order valence-electron chi connectivity index (χ4n) is 3.01. The maximum Gasteiger partial charge on any atom is 0.0218 e. The molecule has 0 aromatic rings. The molecule has 2 unspecified atom stereocenters. The SMILES string of the molecule is CCCC1CN(CCCCC(C)C)C(CC)CN1. The molecule has 1 aliphatic rings. The topological polar surface area (TPSA) is 15.3 Å². The zero-order valence-electron chi connectivity index (χ0n) is 13.0. The molecule has 0 spiro atoms. The van der Waals surface area contributed by atoms with Crippen LogP contribution in [0.5, 0.6) is 0 Å². The van der Waals surface area contributed by atoms with E-state index in [4.69, 9.17) is 0 Å². The molecule has 0 amide bonds. The summed E-state index contributed by atoms with van der Waals surface area (Å²) in [5, 5.41) is 3.72. The van der Waals surface area contributed by atoms with E-state index in [-0.39, 0.29) is 0 Å². The second kappa shape index (κ2) is 8.92. The first kappa shape index (κ1) is 16.0. The molecule has 0 aliphatic carbocycles. The summed E-state index contributed by atoms with van der Waals surface area (Å²) >= 11 is 0. The summed E-state index contributed by atoms with van der Waals surface area (Å²) in [6.07, 6.45) is 8.09. The van der Waals surface area contributed by atoms with Crippen molar-refractivity contribution in [1.82, 2.24) is 10.2 Å². The molecular formula is C16H34N2. The first-order valence-electron chi connectivity index (χ1n) is 8.14. The van der Waals surface area contributed by atoms with E-state index in [2.05, 4.69) is 37.9 Å². The molecule has 1 rings (SSSR count). The normalized spacial score (nSPS) is 25.8. The van der Waals surface area contributed by atoms with Crippen molar-refractivity contribution in [2.24, 2.45) is 5.92 Å². The van der Waals surface area contributed by atoms with E-state index < -0.39 is 0 Å². The van der Waals surface area contributed by atoms with E-state index in [1.165, 1.54) is 58.2 Å². The monoisotopic (exact) mass is 254 g/mol. The second-order valence-electron chi connectivity index (χ2n) is 6.34. The first-order chi connectivity index (χ1) is 8.67. The van der Waals surface area contributed by atoms with Crippen molar-refractivity contribution in [3.05, 3.63) is 0 Å². The molecule has 1 aliphatic heterocycles. The minimum absolute atomic E-state index is 0.739. The summed E-state index contributed by atoms with van der Waals surface area (Å²) in [4.78, 5) is 2.75. The van der Waals surface area contributed by atoms with Crippen molar-refractivity contribution in [2.45, 2.75) is 78.3 Å². The summed E-state index contributed by atoms with van der Waals surface area (Å²) in [6.45, 7) is 13.1. The van der Waals surface area contributed by atoms with Crippen molar-refractivity contribution in [2.75, 3.05) is 19.6 Å². The van der Waals surface area contributed by atoms with Gasteiger partial charge in [-0.2, -0.15) is 0 Å². The van der Waals surface area contributed by atoms with Gasteiger partial charge in [0.2, 0.25) is 0 Å². The summed E-state index contributed by atoms with van der Waals surface area (Å²) in [5.41, 5.74) is 0. The number of rotatable bonds is 8. The van der Waals surface area contributed by atoms with Gasteiger partial charge in [0.1, 0.15) is 0 Å². The number of nitrogens with one attached hydrogen (secondary N) is 1. The predicted molar refractivity (Wildman–Crippen MR) is 81.0 cm³/mol. The fourth-order valence-corrected chi connectivity index (χ4v) is 3.01. The lowest BCUT2D eigenvalue weighted by molar-refractivity contribution is 0.120. The number of piperazine rings is 1. The van der Waals surface area contributed by atoms with E-state index >= 15 is 0 Å². The average molecular weight is 254 g/mol. The molecule has 2 atom stereocenters. The van der Waals surface area contributed by atoms with Gasteiger partial charge in [0.25, 0.3) is 0 Å². The lowest BCUT2D eigenvalue weighted by atomic mass is 10.0. The predicted octanol–water partition coefficient (Wildman–Crippen LogP) is 3.67. The van der Waals surface area contributed by atoms with Crippen LogP contribution in [-0.2, 0) is 0 Å². The standard InChI is InChI=1S/C16H34N2/c1-5-9-15-13-18(16(6-2)12-17-15)11-8-7-10-14(3)4/h14-17H,5-13H2,1-4H3. The van der Waals surface area contributed by atoms with Gasteiger partial charge >= 0.3 is 0 Å². The highest BCUT2D eigenvalue weighted by molar-refractivity contribution is 4.85. The van der Waals surface area contributed by atoms with Crippen LogP contribution in [0.25, 0.3) is 0 Å². The van der Waals surface area contributed by atoms with Gasteiger partial charge in [-0.05, 0) is 31.7 Å². The first-order valence-corrected chi connectivity index (χ1v) is 8.14. The summed E-state index contributed by atoms with van der Waals surface area (Å²) in [7, 11) is 0. The van der Waals surface area contributed by atoms with Crippen LogP contribution in [0.4, 0.5) is 0 Å². The molecule has 1 heterocycles. The van der Waals surface area contributed by atoms with Gasteiger partial charge in [0, 0.05) is 25.2 Å². The van der Waals surface area contributed by atoms with E-state index in [9.17, 15) is 0 Å². The molecule has 0 radical (unpaired) electrons. The molecule has 2 heteroatoms. The van der Waals surface area contributed by atoms with Crippen molar-refractivity contribution < 1.29 is 0 Å². The summed E-state index contributed by atoms with van der Waals surface area (Å²) in [5.74, 6) is 0.864. The minimum Gasteiger partial charge on any atom is -0.311 e. The van der Waals surface area contributed by atoms with Crippen molar-refractivity contribution in [3.63, 3.8) is 0 Å². The quantitative estimate of drug-likeness (QED) is 0.665. The zero-order valence-corrected chi connectivity index (χ0v) is 13.0. The van der Waals surface area contributed by atoms with E-state index in [1.54, 1.807) is 0 Å². The smallest absolute Gasteiger partial charge is 0.0218 e. The van der Waals surface area contributed by atoms with Crippen LogP contribution in [0.15, 0.2) is 0 Å². The van der Waals surface area contributed by atoms with Gasteiger partial charge in [0.15, 0.2) is 0 Å². The average Bonchev–Trinajstić information content (AvgIpc) is 2.35. The molecule has 1 N–H and O–H groups in total. The maximum absolute atomic E-state index is 3.72. The van der Waals surface area contributed by atoms with Gasteiger partial charge in [0.05, 0.1) is 0 Å². The highest BCUT2D eigenvalue weighted by atomic mass is 15.2. The molecule has 18 heavy (non-hydrogen) atoms. The Morgan fingerprint density at radius 2 is 2.00 bits per heavy atom. The van der Waals surface area contributed by atoms with Gasteiger partial charge in [-0.1, -0.05) is 47.0 Å². The van der Waals surface area contributed by atoms with Crippen molar-refractivity contribution in [1.29, 1.82) is 0 Å². The van der Waals surface area contributed by atoms with Crippen LogP contribution in [0, 0.1) is 5.92 Å². The minimum atomic E-state index is 0.739. The Balaban J connectivity index is 2.28. The van der Waals surface area contributed by atoms with Gasteiger partial charge in [-0.25, -0.2) is 0 Å². The van der Waals surface area contributed by atoms with Crippen LogP contribution >= 0.6 is 0 Å². The molecule has 0 aromatic heterocycles. The van der Waals surface area contributed by atoms with Crippen molar-refractivity contribution in [3.8, 4) is 0 Å². The molecule has 0 bridgehead atoms. The third-order valence-corrected chi connectivity index (χ3v) is 4.20. The summed E-state index contributed by atoms with van der Waals surface area (Å²) < 4.78 is 0. The Hall–Kier alpha value is -0.0800.